The molecule has 0 aromatic heterocycles. The molecular formula is C18H29N3O6S. The van der Waals surface area contributed by atoms with E-state index in [-0.39, 0.29) is 35.0 Å². The Morgan fingerprint density at radius 3 is 2.79 bits per heavy atom. The Bertz CT molecular complexity index is 657. The van der Waals surface area contributed by atoms with E-state index in [0.717, 1.165) is 17.9 Å². The van der Waals surface area contributed by atoms with E-state index in [4.69, 9.17) is 9.84 Å². The molecule has 0 aromatic rings. The second-order valence-corrected chi connectivity index (χ2v) is 9.08. The van der Waals surface area contributed by atoms with Crippen LogP contribution in [-0.2, 0) is 9.53 Å². The largest absolute Gasteiger partial charge is 0.512 e. The lowest BCUT2D eigenvalue weighted by molar-refractivity contribution is -0.163. The topological polar surface area (TPSA) is 131 Å². The smallest absolute Gasteiger partial charge is 0.449 e. The van der Waals surface area contributed by atoms with E-state index in [0.29, 0.717) is 13.0 Å². The molecule has 10 heteroatoms. The molecule has 7 atom stereocenters. The molecule has 3 aliphatic rings. The maximum Gasteiger partial charge on any atom is 0.512 e. The van der Waals surface area contributed by atoms with Crippen LogP contribution >= 0.6 is 11.8 Å². The van der Waals surface area contributed by atoms with Gasteiger partial charge >= 0.3 is 6.16 Å². The number of fused-ring (bicyclic) bond motifs is 1. The van der Waals surface area contributed by atoms with E-state index in [1.807, 2.05) is 14.0 Å². The maximum absolute atomic E-state index is 12.4. The van der Waals surface area contributed by atoms with Gasteiger partial charge < -0.3 is 30.7 Å². The van der Waals surface area contributed by atoms with Gasteiger partial charge in [0.2, 0.25) is 11.8 Å². The summed E-state index contributed by atoms with van der Waals surface area (Å²) in [6, 6.07) is -0.299. The van der Waals surface area contributed by atoms with Gasteiger partial charge in [-0.1, -0.05) is 6.92 Å². The average molecular weight is 416 g/mol. The summed E-state index contributed by atoms with van der Waals surface area (Å²) in [4.78, 5) is 25.7. The zero-order valence-electron chi connectivity index (χ0n) is 16.3. The summed E-state index contributed by atoms with van der Waals surface area (Å²) < 4.78 is 4.99. The van der Waals surface area contributed by atoms with Gasteiger partial charge in [0.25, 0.3) is 0 Å². The van der Waals surface area contributed by atoms with Crippen LogP contribution in [0.1, 0.15) is 26.7 Å². The first-order valence-electron chi connectivity index (χ1n) is 9.65. The number of thioether (sulfide) groups is 1. The van der Waals surface area contributed by atoms with Crippen LogP contribution in [0.4, 0.5) is 4.79 Å². The first-order valence-corrected chi connectivity index (χ1v) is 10.5. The number of carbonyl (C=O) groups excluding carboxylic acids is 1. The Morgan fingerprint density at radius 2 is 2.18 bits per heavy atom. The molecule has 158 valence electrons. The third kappa shape index (κ3) is 3.88. The summed E-state index contributed by atoms with van der Waals surface area (Å²) in [7, 11) is 1.84. The first-order chi connectivity index (χ1) is 13.3. The fourth-order valence-corrected chi connectivity index (χ4v) is 5.83. The van der Waals surface area contributed by atoms with Gasteiger partial charge in [-0.05, 0) is 33.4 Å². The molecule has 0 radical (unpaired) electrons. The second kappa shape index (κ2) is 8.58. The highest BCUT2D eigenvalue weighted by Crippen LogP contribution is 2.52. The van der Waals surface area contributed by atoms with Gasteiger partial charge in [-0.25, -0.2) is 4.79 Å². The van der Waals surface area contributed by atoms with Crippen LogP contribution in [0.5, 0.6) is 0 Å². The zero-order valence-corrected chi connectivity index (χ0v) is 17.1. The fraction of sp³-hybridized carbons (Fsp3) is 0.778. The van der Waals surface area contributed by atoms with Crippen LogP contribution in [-0.4, -0.2) is 82.0 Å². The minimum Gasteiger partial charge on any atom is -0.449 e. The number of nitrogens with zero attached hydrogens (tertiary/aromatic N) is 1. The molecule has 5 N–H and O–H groups in total. The first kappa shape index (κ1) is 21.4. The van der Waals surface area contributed by atoms with Crippen molar-refractivity contribution in [1.82, 2.24) is 15.5 Å². The molecule has 0 spiro atoms. The van der Waals surface area contributed by atoms with Gasteiger partial charge in [0.1, 0.15) is 0 Å². The zero-order chi connectivity index (χ0) is 20.6. The molecule has 1 amide bonds. The number of β-lactam (4-membered cyclic amide) rings is 1. The summed E-state index contributed by atoms with van der Waals surface area (Å²) in [6.07, 6.45) is -1.32. The molecule has 2 saturated heterocycles. The molecule has 0 unspecified atom stereocenters. The van der Waals surface area contributed by atoms with Crippen LogP contribution in [0.3, 0.4) is 0 Å². The van der Waals surface area contributed by atoms with E-state index in [1.54, 1.807) is 6.92 Å². The van der Waals surface area contributed by atoms with Crippen molar-refractivity contribution < 1.29 is 29.6 Å². The number of aliphatic hydroxyl groups excluding tert-OH is 2. The van der Waals surface area contributed by atoms with Gasteiger partial charge in [0.15, 0.2) is 0 Å². The lowest BCUT2D eigenvalue weighted by Crippen LogP contribution is -2.63. The number of carboxylic acid groups (broad SMARTS) is 1. The van der Waals surface area contributed by atoms with Crippen LogP contribution in [0.25, 0.3) is 0 Å². The Balaban J connectivity index is 1.72. The Morgan fingerprint density at radius 1 is 1.46 bits per heavy atom. The van der Waals surface area contributed by atoms with Crippen LogP contribution in [0.15, 0.2) is 10.8 Å². The summed E-state index contributed by atoms with van der Waals surface area (Å²) >= 11 is 1.51. The standard InChI is InChI=1S/C18H29N3O6S/c1-8-14-13(9(2)22)16(24)21(14)17(27-18(25)26)15(8)28-10-6-11(20-7-10)12(23)4-5-19-3/h8-14,19-20,22-23H,4-7H2,1-3H3,(H,25,26)/t8-,9-,10+,11+,12+,13-,14+/m1/s1. The number of carbonyl (C=O) groups is 2. The Hall–Kier alpha value is -1.33. The number of aliphatic hydroxyl groups is 2. The molecule has 3 heterocycles. The lowest BCUT2D eigenvalue weighted by atomic mass is 9.79. The van der Waals surface area contributed by atoms with Gasteiger partial charge in [-0.15, -0.1) is 11.8 Å². The molecule has 0 saturated carbocycles. The van der Waals surface area contributed by atoms with E-state index in [9.17, 15) is 19.8 Å². The highest BCUT2D eigenvalue weighted by Gasteiger charge is 2.60. The van der Waals surface area contributed by atoms with Crippen LogP contribution < -0.4 is 10.6 Å². The highest BCUT2D eigenvalue weighted by atomic mass is 32.2. The molecule has 0 aromatic carbocycles. The van der Waals surface area contributed by atoms with Crippen molar-refractivity contribution in [2.45, 2.75) is 56.2 Å². The van der Waals surface area contributed by atoms with Crippen molar-refractivity contribution in [3.8, 4) is 0 Å². The summed E-state index contributed by atoms with van der Waals surface area (Å²) in [5, 5.41) is 35.9. The number of hydrogen-bond acceptors (Lipinski definition) is 8. The number of ether oxygens (including phenoxy) is 1. The van der Waals surface area contributed by atoms with Crippen molar-refractivity contribution in [2.24, 2.45) is 11.8 Å². The van der Waals surface area contributed by atoms with Crippen molar-refractivity contribution in [3.63, 3.8) is 0 Å². The maximum atomic E-state index is 12.4. The van der Waals surface area contributed by atoms with E-state index < -0.39 is 24.3 Å². The van der Waals surface area contributed by atoms with E-state index in [2.05, 4.69) is 10.6 Å². The second-order valence-electron chi connectivity index (χ2n) is 7.74. The lowest BCUT2D eigenvalue weighted by Gasteiger charge is -2.45. The quantitative estimate of drug-likeness (QED) is 0.277. The van der Waals surface area contributed by atoms with Gasteiger partial charge in [0.05, 0.1) is 29.1 Å². The summed E-state index contributed by atoms with van der Waals surface area (Å²) in [6.45, 7) is 4.92. The Kier molecular flexibility index (Phi) is 6.55. The third-order valence-corrected chi connectivity index (χ3v) is 7.31. The number of rotatable bonds is 8. The van der Waals surface area contributed by atoms with Crippen LogP contribution in [0.2, 0.25) is 0 Å². The normalized spacial score (nSPS) is 34.2. The summed E-state index contributed by atoms with van der Waals surface area (Å²) in [5.41, 5.74) is 0. The molecule has 0 bridgehead atoms. The van der Waals surface area contributed by atoms with Crippen molar-refractivity contribution in [3.05, 3.63) is 10.8 Å². The van der Waals surface area contributed by atoms with Gasteiger partial charge in [-0.2, -0.15) is 0 Å². The predicted molar refractivity (Wildman–Crippen MR) is 103 cm³/mol. The Labute approximate surface area is 168 Å². The van der Waals surface area contributed by atoms with Gasteiger partial charge in [0, 0.05) is 23.8 Å². The molecule has 9 nitrogen and oxygen atoms in total. The van der Waals surface area contributed by atoms with Crippen molar-refractivity contribution >= 4 is 23.8 Å². The minimum atomic E-state index is -1.46. The molecule has 3 aliphatic heterocycles. The average Bonchev–Trinajstić information content (AvgIpc) is 3.16. The highest BCUT2D eigenvalue weighted by molar-refractivity contribution is 8.03. The van der Waals surface area contributed by atoms with Gasteiger partial charge in [-0.3, -0.25) is 9.69 Å². The molecule has 28 heavy (non-hydrogen) atoms. The number of hydrogen-bond donors (Lipinski definition) is 5. The van der Waals surface area contributed by atoms with Crippen molar-refractivity contribution in [1.29, 1.82) is 0 Å². The molecule has 0 aliphatic carbocycles. The molecular weight excluding hydrogens is 386 g/mol. The minimum absolute atomic E-state index is 0.0177. The third-order valence-electron chi connectivity index (χ3n) is 5.82. The summed E-state index contributed by atoms with van der Waals surface area (Å²) in [5.74, 6) is -0.886. The number of nitrogens with one attached hydrogen (secondary N) is 2. The number of amides is 1. The van der Waals surface area contributed by atoms with E-state index >= 15 is 0 Å². The van der Waals surface area contributed by atoms with E-state index in [1.165, 1.54) is 16.7 Å². The monoisotopic (exact) mass is 415 g/mol. The molecule has 3 rings (SSSR count). The van der Waals surface area contributed by atoms with Crippen molar-refractivity contribution in [2.75, 3.05) is 20.1 Å². The van der Waals surface area contributed by atoms with Crippen LogP contribution in [0, 0.1) is 11.8 Å². The predicted octanol–water partition coefficient (Wildman–Crippen LogP) is 0.142. The molecule has 2 fully saturated rings. The SMILES string of the molecule is CNCC[C@H](O)[C@@H]1C[C@H](SC2=C(OC(=O)O)N3C(=O)[C@H]([C@@H](C)O)[C@@H]3[C@H]2C)CN1. The fourth-order valence-electron chi connectivity index (χ4n) is 4.39.